The van der Waals surface area contributed by atoms with Crippen LogP contribution < -0.4 is 20.3 Å². The number of carbonyl (C=O) groups is 1. The van der Waals surface area contributed by atoms with Gasteiger partial charge in [0.15, 0.2) is 11.6 Å². The van der Waals surface area contributed by atoms with Gasteiger partial charge in [-0.1, -0.05) is 38.0 Å². The zero-order valence-electron chi connectivity index (χ0n) is 37.9. The number of carbonyl (C=O) groups excluding carboxylic acids is 1. The molecule has 5 N–H and O–H groups in total. The molecule has 3 unspecified atom stereocenters. The van der Waals surface area contributed by atoms with Crippen molar-refractivity contribution in [2.24, 2.45) is 0 Å². The van der Waals surface area contributed by atoms with E-state index in [0.717, 1.165) is 31.4 Å². The van der Waals surface area contributed by atoms with E-state index >= 15 is 8.78 Å². The summed E-state index contributed by atoms with van der Waals surface area (Å²) in [7, 11) is 0. The zero-order valence-corrected chi connectivity index (χ0v) is 37.9. The summed E-state index contributed by atoms with van der Waals surface area (Å²) in [6.45, 7) is 7.00. The largest absolute Gasteiger partial charge is 0.508 e. The topological polar surface area (TPSA) is 187 Å². The Bertz CT molecular complexity index is 3250. The fourth-order valence-corrected chi connectivity index (χ4v) is 9.54. The van der Waals surface area contributed by atoms with Crippen LogP contribution in [0.4, 0.5) is 27.8 Å². The number of terminal acetylenes is 1. The molecule has 0 saturated carbocycles. The Morgan fingerprint density at radius 1 is 0.929 bits per heavy atom. The number of aromatic hydroxyl groups is 3. The van der Waals surface area contributed by atoms with E-state index < -0.39 is 41.7 Å². The van der Waals surface area contributed by atoms with Gasteiger partial charge in [0, 0.05) is 73.7 Å². The summed E-state index contributed by atoms with van der Waals surface area (Å²) < 4.78 is 80.2. The van der Waals surface area contributed by atoms with Crippen molar-refractivity contribution in [2.75, 3.05) is 31.1 Å². The quantitative estimate of drug-likeness (QED) is 0.0636. The maximum Gasteiger partial charge on any atom is 0.408 e. The third-order valence-corrected chi connectivity index (χ3v) is 13.1. The van der Waals surface area contributed by atoms with Crippen LogP contribution >= 0.6 is 0 Å². The molecule has 1 amide bonds. The number of ether oxygens (including phenoxy) is 1. The van der Waals surface area contributed by atoms with Gasteiger partial charge in [-0.15, -0.1) is 16.6 Å². The highest BCUT2D eigenvalue weighted by Crippen LogP contribution is 2.41. The molecule has 3 aliphatic heterocycles. The van der Waals surface area contributed by atoms with E-state index in [4.69, 9.17) is 16.1 Å². The van der Waals surface area contributed by atoms with E-state index in [-0.39, 0.29) is 80.4 Å². The third-order valence-electron chi connectivity index (χ3n) is 13.1. The number of rotatable bonds is 11. The van der Waals surface area contributed by atoms with Crippen LogP contribution in [0.15, 0.2) is 66.9 Å². The van der Waals surface area contributed by atoms with Crippen LogP contribution in [0.5, 0.6) is 23.3 Å². The van der Waals surface area contributed by atoms with Gasteiger partial charge in [-0.05, 0) is 78.6 Å². The van der Waals surface area contributed by atoms with Crippen molar-refractivity contribution in [1.29, 1.82) is 0 Å². The number of pyridine rings is 1. The molecular weight excluding hydrogens is 916 g/mol. The van der Waals surface area contributed by atoms with Crippen molar-refractivity contribution in [3.8, 4) is 63.9 Å². The van der Waals surface area contributed by atoms with E-state index in [9.17, 15) is 33.3 Å². The van der Waals surface area contributed by atoms with Gasteiger partial charge < -0.3 is 35.6 Å². The number of aromatic nitrogens is 6. The average molecular weight is 961 g/mol. The number of hydrogen-bond acceptors (Lipinski definition) is 13. The fraction of sp³-hybridized carbons (Fsp3) is 0.320. The predicted molar refractivity (Wildman–Crippen MR) is 249 cm³/mol. The number of piperazine rings is 1. The van der Waals surface area contributed by atoms with E-state index in [1.165, 1.54) is 41.1 Å². The van der Waals surface area contributed by atoms with Crippen molar-refractivity contribution in [2.45, 2.75) is 76.5 Å². The second kappa shape index (κ2) is 17.7. The minimum absolute atomic E-state index is 0.0447. The van der Waals surface area contributed by atoms with Crippen molar-refractivity contribution in [3.05, 3.63) is 101 Å². The highest BCUT2D eigenvalue weighted by molar-refractivity contribution is 6.03. The lowest BCUT2D eigenvalue weighted by Crippen LogP contribution is -2.53. The molecule has 3 saturated heterocycles. The normalized spacial score (nSPS) is 17.8. The second-order valence-electron chi connectivity index (χ2n) is 18.3. The molecule has 15 nitrogen and oxygen atoms in total. The first kappa shape index (κ1) is 46.1. The first-order valence-corrected chi connectivity index (χ1v) is 22.6. The number of benzene rings is 4. The van der Waals surface area contributed by atoms with Crippen LogP contribution in [-0.2, 0) is 6.54 Å². The molecule has 4 aromatic carbocycles. The molecule has 3 atom stereocenters. The molecule has 360 valence electrons. The van der Waals surface area contributed by atoms with Gasteiger partial charge in [0.05, 0.1) is 16.5 Å². The zero-order chi connectivity index (χ0) is 49.3. The number of anilines is 1. The second-order valence-corrected chi connectivity index (χ2v) is 18.3. The van der Waals surface area contributed by atoms with Gasteiger partial charge in [0.2, 0.25) is 5.82 Å². The Labute approximate surface area is 397 Å². The molecule has 20 heteroatoms. The Morgan fingerprint density at radius 3 is 2.34 bits per heavy atom. The predicted octanol–water partition coefficient (Wildman–Crippen LogP) is 7.48. The minimum Gasteiger partial charge on any atom is -0.508 e. The van der Waals surface area contributed by atoms with E-state index in [1.807, 2.05) is 19.2 Å². The first-order valence-electron chi connectivity index (χ1n) is 22.6. The monoisotopic (exact) mass is 960 g/mol. The lowest BCUT2D eigenvalue weighted by molar-refractivity contribution is -0.149. The van der Waals surface area contributed by atoms with Gasteiger partial charge in [0.25, 0.3) is 5.91 Å². The molecule has 7 aromatic rings. The number of phenolic OH excluding ortho intramolecular Hbond substituents is 3. The number of phenols is 3. The molecule has 10 rings (SSSR count). The lowest BCUT2D eigenvalue weighted by atomic mass is 9.96. The summed E-state index contributed by atoms with van der Waals surface area (Å²) in [6, 6.07) is 13.0. The smallest absolute Gasteiger partial charge is 0.408 e. The summed E-state index contributed by atoms with van der Waals surface area (Å²) in [5.41, 5.74) is 1.41. The molecule has 6 heterocycles. The summed E-state index contributed by atoms with van der Waals surface area (Å²) in [6.07, 6.45) is 4.05. The number of nitrogens with one attached hydrogen (secondary N) is 2. The number of fused-ring (bicyclic) bond motifs is 4. The molecular formula is C50H45F5N10O5. The van der Waals surface area contributed by atoms with Crippen LogP contribution in [0.2, 0.25) is 0 Å². The van der Waals surface area contributed by atoms with Crippen LogP contribution in [-0.4, -0.2) is 112 Å². The molecule has 3 aromatic heterocycles. The average Bonchev–Trinajstić information content (AvgIpc) is 3.90. The molecule has 70 heavy (non-hydrogen) atoms. The summed E-state index contributed by atoms with van der Waals surface area (Å²) in [4.78, 5) is 31.4. The molecule has 3 fully saturated rings. The first-order chi connectivity index (χ1) is 33.4. The summed E-state index contributed by atoms with van der Waals surface area (Å²) in [5, 5.41) is 46.6. The van der Waals surface area contributed by atoms with Crippen molar-refractivity contribution >= 4 is 33.4 Å². The van der Waals surface area contributed by atoms with E-state index in [1.54, 1.807) is 24.3 Å². The molecule has 0 radical (unpaired) electrons. The highest BCUT2D eigenvalue weighted by atomic mass is 19.4. The van der Waals surface area contributed by atoms with E-state index in [0.29, 0.717) is 60.6 Å². The summed E-state index contributed by atoms with van der Waals surface area (Å²) >= 11 is 0. The fourth-order valence-electron chi connectivity index (χ4n) is 9.54. The van der Waals surface area contributed by atoms with Crippen LogP contribution in [0, 0.1) is 24.0 Å². The molecule has 0 aliphatic carbocycles. The van der Waals surface area contributed by atoms with Crippen molar-refractivity contribution < 1.29 is 46.8 Å². The Morgan fingerprint density at radius 2 is 1.66 bits per heavy atom. The molecule has 2 bridgehead atoms. The molecule has 0 spiro atoms. The van der Waals surface area contributed by atoms with Crippen LogP contribution in [0.25, 0.3) is 50.0 Å². The third kappa shape index (κ3) is 8.48. The minimum atomic E-state index is -4.73. The van der Waals surface area contributed by atoms with Crippen molar-refractivity contribution in [3.63, 3.8) is 0 Å². The number of alkyl halides is 3. The van der Waals surface area contributed by atoms with Gasteiger partial charge in [-0.2, -0.15) is 23.1 Å². The number of hydrogen-bond donors (Lipinski definition) is 5. The van der Waals surface area contributed by atoms with Gasteiger partial charge in [-0.25, -0.2) is 8.78 Å². The number of amides is 1. The number of nitrogens with zero attached hydrogens (tertiary/aromatic N) is 8. The van der Waals surface area contributed by atoms with Gasteiger partial charge >= 0.3 is 12.2 Å². The van der Waals surface area contributed by atoms with Crippen LogP contribution in [0.1, 0.15) is 66.8 Å². The number of likely N-dealkylation sites (tertiary alicyclic amines) is 1. The van der Waals surface area contributed by atoms with Gasteiger partial charge in [0.1, 0.15) is 52.2 Å². The maximum absolute atomic E-state index is 17.1. The SMILES string of the molecule is C#Cc1c(F)ccc2cc(O)cc(-c3ncc4c(N5CC6CCC(C5)N6)nc(OC5CN(Cc6ccc(-n7c(C(=O)NC(C)C(F)(F)F)nnc7-c7cc(C(C)C)c(O)cc7O)cc6)C5)nc4c3F)c12. The van der Waals surface area contributed by atoms with Gasteiger partial charge in [-0.3, -0.25) is 19.2 Å². The number of halogens is 5. The van der Waals surface area contributed by atoms with E-state index in [2.05, 4.69) is 41.2 Å². The maximum atomic E-state index is 17.1. The van der Waals surface area contributed by atoms with Crippen LogP contribution in [0.3, 0.4) is 0 Å². The lowest BCUT2D eigenvalue weighted by Gasteiger charge is -2.38. The standard InChI is InChI=1S/C50H45F5N10O5/c1-5-33-38(51)13-8-27-14-31(66)15-36(41(27)33)43-42(52)44-37(18-56-43)45(64-20-28-9-10-29(21-64)58-28)60-49(59-44)70-32-22-63(23-32)19-26-6-11-30(12-7-26)65-46(35-16-34(24(2)3)39(67)17-40(35)68)61-62-47(65)48(69)57-25(4)50(53,54)55/h1,6-8,11-18,24-25,28-29,32,58,66-68H,9-10,19-23H2,2-4H3,(H,57,69). The molecule has 3 aliphatic rings. The summed E-state index contributed by atoms with van der Waals surface area (Å²) in [5.74, 6) is -1.29. The Kier molecular flexibility index (Phi) is 11.7. The highest BCUT2D eigenvalue weighted by Gasteiger charge is 2.39. The van der Waals surface area contributed by atoms with Crippen molar-refractivity contribution in [1.82, 2.24) is 45.2 Å². The Balaban J connectivity index is 0.918. The Hall–Kier alpha value is -7.63.